The highest BCUT2D eigenvalue weighted by molar-refractivity contribution is 7.17. The Labute approximate surface area is 120 Å². The van der Waals surface area contributed by atoms with Crippen molar-refractivity contribution >= 4 is 32.9 Å². The molecule has 2 N–H and O–H groups in total. The van der Waals surface area contributed by atoms with Crippen LogP contribution in [0, 0.1) is 0 Å². The molecule has 3 aromatic heterocycles. The average molecular weight is 289 g/mol. The van der Waals surface area contributed by atoms with E-state index in [1.54, 1.807) is 22.7 Å². The third kappa shape index (κ3) is 2.29. The molecular weight excluding hydrogens is 274 g/mol. The molecule has 5 heteroatoms. The van der Waals surface area contributed by atoms with Crippen molar-refractivity contribution in [3.8, 4) is 10.6 Å². The lowest BCUT2D eigenvalue weighted by Crippen LogP contribution is -1.99. The summed E-state index contributed by atoms with van der Waals surface area (Å²) in [6, 6.07) is 4.20. The van der Waals surface area contributed by atoms with E-state index >= 15 is 0 Å². The van der Waals surface area contributed by atoms with Crippen LogP contribution in [0.2, 0.25) is 0 Å². The number of nitrogens with zero attached hydrogens (tertiary/aromatic N) is 2. The first-order chi connectivity index (χ1) is 9.19. The molecule has 0 saturated carbocycles. The van der Waals surface area contributed by atoms with Gasteiger partial charge in [-0.05, 0) is 23.4 Å². The molecule has 0 saturated heterocycles. The Morgan fingerprint density at radius 2 is 2.21 bits per heavy atom. The van der Waals surface area contributed by atoms with E-state index in [0.717, 1.165) is 21.8 Å². The molecule has 0 atom stereocenters. The maximum atomic E-state index is 5.81. The van der Waals surface area contributed by atoms with Gasteiger partial charge in [0.25, 0.3) is 0 Å². The maximum Gasteiger partial charge on any atom is 0.125 e. The lowest BCUT2D eigenvalue weighted by atomic mass is 10.1. The van der Waals surface area contributed by atoms with Gasteiger partial charge >= 0.3 is 0 Å². The number of hydrogen-bond acceptors (Lipinski definition) is 5. The lowest BCUT2D eigenvalue weighted by molar-refractivity contribution is 0.814. The molecule has 0 amide bonds. The third-order valence-corrected chi connectivity index (χ3v) is 5.01. The van der Waals surface area contributed by atoms with E-state index in [1.807, 2.05) is 12.3 Å². The Morgan fingerprint density at radius 3 is 2.89 bits per heavy atom. The van der Waals surface area contributed by atoms with Crippen molar-refractivity contribution in [1.82, 2.24) is 9.97 Å². The summed E-state index contributed by atoms with van der Waals surface area (Å²) in [5.74, 6) is 0.405. The Kier molecular flexibility index (Phi) is 3.35. The molecule has 19 heavy (non-hydrogen) atoms. The smallest absolute Gasteiger partial charge is 0.125 e. The molecule has 0 aliphatic carbocycles. The molecular formula is C14H15N3S2. The first kappa shape index (κ1) is 12.7. The van der Waals surface area contributed by atoms with Gasteiger partial charge in [0.15, 0.2) is 0 Å². The van der Waals surface area contributed by atoms with Crippen LogP contribution in [0.4, 0.5) is 0 Å². The quantitative estimate of drug-likeness (QED) is 0.793. The number of pyridine rings is 1. The van der Waals surface area contributed by atoms with Gasteiger partial charge in [-0.15, -0.1) is 22.7 Å². The summed E-state index contributed by atoms with van der Waals surface area (Å²) in [5.41, 5.74) is 9.06. The van der Waals surface area contributed by atoms with Crippen molar-refractivity contribution < 1.29 is 0 Å². The molecule has 3 rings (SSSR count). The van der Waals surface area contributed by atoms with Crippen LogP contribution in [0.15, 0.2) is 23.7 Å². The highest BCUT2D eigenvalue weighted by Crippen LogP contribution is 2.33. The van der Waals surface area contributed by atoms with E-state index in [0.29, 0.717) is 12.5 Å². The van der Waals surface area contributed by atoms with Crippen molar-refractivity contribution in [3.05, 3.63) is 34.3 Å². The highest BCUT2D eigenvalue weighted by atomic mass is 32.1. The van der Waals surface area contributed by atoms with Crippen LogP contribution < -0.4 is 5.73 Å². The molecule has 3 nitrogen and oxygen atoms in total. The Morgan fingerprint density at radius 1 is 1.37 bits per heavy atom. The second-order valence-corrected chi connectivity index (χ2v) is 6.75. The van der Waals surface area contributed by atoms with Gasteiger partial charge in [0, 0.05) is 23.2 Å². The average Bonchev–Trinajstić information content (AvgIpc) is 3.04. The van der Waals surface area contributed by atoms with Gasteiger partial charge in [-0.1, -0.05) is 13.8 Å². The minimum atomic E-state index is 0.405. The van der Waals surface area contributed by atoms with Crippen LogP contribution in [0.5, 0.6) is 0 Å². The topological polar surface area (TPSA) is 51.8 Å². The van der Waals surface area contributed by atoms with Gasteiger partial charge in [0.05, 0.1) is 15.9 Å². The van der Waals surface area contributed by atoms with Crippen molar-refractivity contribution in [2.24, 2.45) is 5.73 Å². The van der Waals surface area contributed by atoms with E-state index in [-0.39, 0.29) is 0 Å². The molecule has 98 valence electrons. The van der Waals surface area contributed by atoms with Crippen molar-refractivity contribution in [3.63, 3.8) is 0 Å². The van der Waals surface area contributed by atoms with E-state index in [4.69, 9.17) is 10.7 Å². The summed E-state index contributed by atoms with van der Waals surface area (Å²) in [6.07, 6.45) is 1.90. The van der Waals surface area contributed by atoms with E-state index in [2.05, 4.69) is 30.3 Å². The molecule has 0 aromatic carbocycles. The molecule has 3 heterocycles. The first-order valence-electron chi connectivity index (χ1n) is 6.22. The number of thiophene rings is 1. The van der Waals surface area contributed by atoms with Crippen LogP contribution in [-0.4, -0.2) is 9.97 Å². The van der Waals surface area contributed by atoms with Crippen LogP contribution >= 0.6 is 22.7 Å². The molecule has 0 bridgehead atoms. The molecule has 0 spiro atoms. The molecule has 0 aliphatic heterocycles. The number of thiazole rings is 1. The number of nitrogens with two attached hydrogens (primary N) is 1. The Hall–Kier alpha value is -1.30. The summed E-state index contributed by atoms with van der Waals surface area (Å²) in [4.78, 5) is 10.4. The van der Waals surface area contributed by atoms with Crippen molar-refractivity contribution in [1.29, 1.82) is 0 Å². The van der Waals surface area contributed by atoms with Crippen molar-refractivity contribution in [2.45, 2.75) is 26.3 Å². The first-order valence-corrected chi connectivity index (χ1v) is 7.92. The zero-order chi connectivity index (χ0) is 13.4. The Balaban J connectivity index is 2.10. The molecule has 0 unspecified atom stereocenters. The van der Waals surface area contributed by atoms with Gasteiger partial charge in [-0.2, -0.15) is 0 Å². The highest BCUT2D eigenvalue weighted by Gasteiger charge is 2.14. The third-order valence-electron chi connectivity index (χ3n) is 3.01. The monoisotopic (exact) mass is 289 g/mol. The summed E-state index contributed by atoms with van der Waals surface area (Å²) in [6.45, 7) is 4.86. The maximum absolute atomic E-state index is 5.81. The van der Waals surface area contributed by atoms with E-state index in [1.165, 1.54) is 9.58 Å². The number of aromatic nitrogens is 2. The van der Waals surface area contributed by atoms with E-state index < -0.39 is 0 Å². The van der Waals surface area contributed by atoms with E-state index in [9.17, 15) is 0 Å². The minimum Gasteiger partial charge on any atom is -0.326 e. The number of fused-ring (bicyclic) bond motifs is 1. The SMILES string of the molecule is CC(C)c1nc(-c2cnc3ccsc3c2)sc1CN. The zero-order valence-corrected chi connectivity index (χ0v) is 12.5. The zero-order valence-electron chi connectivity index (χ0n) is 10.9. The number of hydrogen-bond donors (Lipinski definition) is 1. The van der Waals surface area contributed by atoms with Gasteiger partial charge in [0.1, 0.15) is 5.01 Å². The van der Waals surface area contributed by atoms with Crippen LogP contribution in [0.3, 0.4) is 0 Å². The summed E-state index contributed by atoms with van der Waals surface area (Å²) < 4.78 is 1.20. The van der Waals surface area contributed by atoms with Crippen LogP contribution in [-0.2, 0) is 6.54 Å². The second kappa shape index (κ2) is 5.00. The fourth-order valence-electron chi connectivity index (χ4n) is 2.05. The molecule has 0 fully saturated rings. The summed E-state index contributed by atoms with van der Waals surface area (Å²) >= 11 is 3.39. The lowest BCUT2D eigenvalue weighted by Gasteiger charge is -2.01. The Bertz CT molecular complexity index is 712. The number of rotatable bonds is 3. The fourth-order valence-corrected chi connectivity index (χ4v) is 3.90. The van der Waals surface area contributed by atoms with Gasteiger partial charge in [-0.25, -0.2) is 4.98 Å². The largest absolute Gasteiger partial charge is 0.326 e. The van der Waals surface area contributed by atoms with Gasteiger partial charge in [0.2, 0.25) is 0 Å². The predicted molar refractivity (Wildman–Crippen MR) is 82.7 cm³/mol. The second-order valence-electron chi connectivity index (χ2n) is 4.71. The normalized spacial score (nSPS) is 11.6. The molecule has 0 radical (unpaired) electrons. The summed E-state index contributed by atoms with van der Waals surface area (Å²) in [7, 11) is 0. The minimum absolute atomic E-state index is 0.405. The molecule has 0 aliphatic rings. The van der Waals surface area contributed by atoms with Crippen molar-refractivity contribution in [2.75, 3.05) is 0 Å². The van der Waals surface area contributed by atoms with Gasteiger partial charge in [-0.3, -0.25) is 4.98 Å². The summed E-state index contributed by atoms with van der Waals surface area (Å²) in [5, 5.41) is 3.08. The standard InChI is InChI=1S/C14H15N3S2/c1-8(2)13-12(6-15)19-14(17-13)9-5-11-10(16-7-9)3-4-18-11/h3-5,7-8H,6,15H2,1-2H3. The molecule has 3 aromatic rings. The predicted octanol–water partition coefficient (Wildman–Crippen LogP) is 4.00. The van der Waals surface area contributed by atoms with Crippen LogP contribution in [0.1, 0.15) is 30.3 Å². The van der Waals surface area contributed by atoms with Crippen LogP contribution in [0.25, 0.3) is 20.8 Å². The van der Waals surface area contributed by atoms with Gasteiger partial charge < -0.3 is 5.73 Å². The fraction of sp³-hybridized carbons (Fsp3) is 0.286.